The van der Waals surface area contributed by atoms with Crippen LogP contribution in [-0.4, -0.2) is 32.3 Å². The molecule has 2 heterocycles. The van der Waals surface area contributed by atoms with E-state index < -0.39 is 21.8 Å². The van der Waals surface area contributed by atoms with Crippen LogP contribution in [0.3, 0.4) is 0 Å². The van der Waals surface area contributed by atoms with Crippen molar-refractivity contribution in [2.24, 2.45) is 0 Å². The summed E-state index contributed by atoms with van der Waals surface area (Å²) in [5, 5.41) is 1.45. The van der Waals surface area contributed by atoms with Crippen molar-refractivity contribution in [1.29, 1.82) is 0 Å². The lowest BCUT2D eigenvalue weighted by Crippen LogP contribution is -2.27. The number of hydrogen-bond donors (Lipinski definition) is 1. The molecule has 10 heteroatoms. The lowest BCUT2D eigenvalue weighted by atomic mass is 10.2. The SMILES string of the molecule is O=C(c1csc(S(=O)(=O)Nc2cccc(C(F)(F)F)c2)c1)N1CCCC1. The number of benzene rings is 1. The van der Waals surface area contributed by atoms with Crippen LogP contribution < -0.4 is 4.72 Å². The van der Waals surface area contributed by atoms with Gasteiger partial charge >= 0.3 is 6.18 Å². The minimum atomic E-state index is -4.57. The van der Waals surface area contributed by atoms with E-state index >= 15 is 0 Å². The van der Waals surface area contributed by atoms with Crippen molar-refractivity contribution in [3.63, 3.8) is 0 Å². The van der Waals surface area contributed by atoms with Crippen LogP contribution in [0, 0.1) is 0 Å². The molecule has 0 aliphatic carbocycles. The van der Waals surface area contributed by atoms with Crippen molar-refractivity contribution < 1.29 is 26.4 Å². The van der Waals surface area contributed by atoms with Crippen LogP contribution in [0.25, 0.3) is 0 Å². The number of alkyl halides is 3. The number of anilines is 1. The van der Waals surface area contributed by atoms with E-state index in [9.17, 15) is 26.4 Å². The highest BCUT2D eigenvalue weighted by molar-refractivity contribution is 7.94. The minimum absolute atomic E-state index is 0.127. The van der Waals surface area contributed by atoms with E-state index in [1.165, 1.54) is 17.5 Å². The summed E-state index contributed by atoms with van der Waals surface area (Å²) in [5.41, 5.74) is -0.879. The second-order valence-electron chi connectivity index (χ2n) is 5.84. The van der Waals surface area contributed by atoms with E-state index in [1.54, 1.807) is 4.90 Å². The lowest BCUT2D eigenvalue weighted by Gasteiger charge is -2.13. The molecule has 1 aliphatic rings. The molecule has 3 rings (SSSR count). The highest BCUT2D eigenvalue weighted by Crippen LogP contribution is 2.31. The molecule has 1 N–H and O–H groups in total. The van der Waals surface area contributed by atoms with Crippen LogP contribution in [0.15, 0.2) is 39.9 Å². The Kier molecular flexibility index (Phi) is 4.98. The molecule has 2 aromatic rings. The fourth-order valence-corrected chi connectivity index (χ4v) is 4.84. The number of nitrogens with one attached hydrogen (secondary N) is 1. The minimum Gasteiger partial charge on any atom is -0.339 e. The van der Waals surface area contributed by atoms with Gasteiger partial charge in [0.05, 0.1) is 11.1 Å². The molecule has 0 spiro atoms. The molecular formula is C16H15F3N2O3S2. The molecule has 26 heavy (non-hydrogen) atoms. The maximum absolute atomic E-state index is 12.7. The van der Waals surface area contributed by atoms with E-state index in [1.807, 2.05) is 0 Å². The first-order chi connectivity index (χ1) is 12.2. The number of carbonyl (C=O) groups is 1. The quantitative estimate of drug-likeness (QED) is 0.843. The topological polar surface area (TPSA) is 66.5 Å². The third-order valence-electron chi connectivity index (χ3n) is 3.92. The molecule has 1 fully saturated rings. The summed E-state index contributed by atoms with van der Waals surface area (Å²) in [6.45, 7) is 1.28. The highest BCUT2D eigenvalue weighted by Gasteiger charge is 2.31. The number of likely N-dealkylation sites (tertiary alicyclic amines) is 1. The molecule has 140 valence electrons. The number of carbonyl (C=O) groups excluding carboxylic acids is 1. The Hall–Kier alpha value is -2.07. The molecule has 0 unspecified atom stereocenters. The number of amides is 1. The zero-order chi connectivity index (χ0) is 18.9. The zero-order valence-electron chi connectivity index (χ0n) is 13.4. The molecule has 1 saturated heterocycles. The average molecular weight is 404 g/mol. The van der Waals surface area contributed by atoms with Crippen LogP contribution in [0.5, 0.6) is 0 Å². The Morgan fingerprint density at radius 1 is 1.15 bits per heavy atom. The third kappa shape index (κ3) is 4.01. The molecule has 5 nitrogen and oxygen atoms in total. The largest absolute Gasteiger partial charge is 0.416 e. The van der Waals surface area contributed by atoms with Gasteiger partial charge in [-0.3, -0.25) is 9.52 Å². The van der Waals surface area contributed by atoms with Crippen LogP contribution in [-0.2, 0) is 16.2 Å². The Balaban J connectivity index is 1.80. The van der Waals surface area contributed by atoms with Gasteiger partial charge in [-0.25, -0.2) is 8.42 Å². The molecule has 1 aliphatic heterocycles. The Bertz CT molecular complexity index is 917. The third-order valence-corrected chi connectivity index (χ3v) is 6.74. The van der Waals surface area contributed by atoms with Gasteiger partial charge in [-0.1, -0.05) is 6.07 Å². The number of thiophene rings is 1. The summed E-state index contributed by atoms with van der Waals surface area (Å²) in [5.74, 6) is -0.237. The Labute approximate surface area is 152 Å². The van der Waals surface area contributed by atoms with Gasteiger partial charge in [-0.15, -0.1) is 11.3 Å². The summed E-state index contributed by atoms with van der Waals surface area (Å²) in [6, 6.07) is 5.19. The van der Waals surface area contributed by atoms with Crippen molar-refractivity contribution in [3.05, 3.63) is 46.8 Å². The molecule has 0 radical (unpaired) electrons. The molecule has 0 atom stereocenters. The monoisotopic (exact) mass is 404 g/mol. The Morgan fingerprint density at radius 3 is 2.50 bits per heavy atom. The number of halogens is 3. The van der Waals surface area contributed by atoms with Crippen molar-refractivity contribution >= 4 is 33.0 Å². The van der Waals surface area contributed by atoms with Gasteiger partial charge in [0.15, 0.2) is 0 Å². The average Bonchev–Trinajstić information content (AvgIpc) is 3.25. The second kappa shape index (κ2) is 6.92. The highest BCUT2D eigenvalue weighted by atomic mass is 32.2. The van der Waals surface area contributed by atoms with Crippen LogP contribution >= 0.6 is 11.3 Å². The van der Waals surface area contributed by atoms with Gasteiger partial charge in [-0.05, 0) is 37.1 Å². The van der Waals surface area contributed by atoms with Crippen molar-refractivity contribution in [2.45, 2.75) is 23.2 Å². The van der Waals surface area contributed by atoms with Crippen molar-refractivity contribution in [1.82, 2.24) is 4.90 Å². The molecule has 1 aromatic heterocycles. The molecule has 0 saturated carbocycles. The number of nitrogens with zero attached hydrogens (tertiary/aromatic N) is 1. The lowest BCUT2D eigenvalue weighted by molar-refractivity contribution is -0.137. The molecule has 1 amide bonds. The van der Waals surface area contributed by atoms with Crippen LogP contribution in [0.4, 0.5) is 18.9 Å². The van der Waals surface area contributed by atoms with Crippen LogP contribution in [0.1, 0.15) is 28.8 Å². The van der Waals surface area contributed by atoms with Crippen molar-refractivity contribution in [2.75, 3.05) is 17.8 Å². The number of sulfonamides is 1. The fraction of sp³-hybridized carbons (Fsp3) is 0.312. The maximum atomic E-state index is 12.7. The number of rotatable bonds is 4. The maximum Gasteiger partial charge on any atom is 0.416 e. The predicted molar refractivity (Wildman–Crippen MR) is 91.7 cm³/mol. The van der Waals surface area contributed by atoms with Gasteiger partial charge in [0.25, 0.3) is 15.9 Å². The molecule has 0 bridgehead atoms. The van der Waals surface area contributed by atoms with Crippen molar-refractivity contribution in [3.8, 4) is 0 Å². The van der Waals surface area contributed by atoms with Gasteiger partial charge in [0.2, 0.25) is 0 Å². The molecular weight excluding hydrogens is 389 g/mol. The van der Waals surface area contributed by atoms with Crippen LogP contribution in [0.2, 0.25) is 0 Å². The van der Waals surface area contributed by atoms with E-state index in [4.69, 9.17) is 0 Å². The fourth-order valence-electron chi connectivity index (χ4n) is 2.64. The number of hydrogen-bond acceptors (Lipinski definition) is 4. The smallest absolute Gasteiger partial charge is 0.339 e. The normalized spacial score (nSPS) is 15.3. The summed E-state index contributed by atoms with van der Waals surface area (Å²) in [6.07, 6.45) is -2.74. The van der Waals surface area contributed by atoms with Gasteiger partial charge in [0.1, 0.15) is 4.21 Å². The summed E-state index contributed by atoms with van der Waals surface area (Å²) in [4.78, 5) is 13.9. The van der Waals surface area contributed by atoms with E-state index in [0.717, 1.165) is 42.4 Å². The first-order valence-corrected chi connectivity index (χ1v) is 10.1. The summed E-state index contributed by atoms with van der Waals surface area (Å²) < 4.78 is 65.1. The standard InChI is InChI=1S/C16H15F3N2O3S2/c17-16(18,19)12-4-3-5-13(9-12)20-26(23,24)14-8-11(10-25-14)15(22)21-6-1-2-7-21/h3-5,8-10,20H,1-2,6-7H2. The molecule has 1 aromatic carbocycles. The van der Waals surface area contributed by atoms with E-state index in [-0.39, 0.29) is 21.4 Å². The van der Waals surface area contributed by atoms with Gasteiger partial charge in [0, 0.05) is 24.2 Å². The predicted octanol–water partition coefficient (Wildman–Crippen LogP) is 3.80. The van der Waals surface area contributed by atoms with Gasteiger partial charge in [-0.2, -0.15) is 13.2 Å². The van der Waals surface area contributed by atoms with E-state index in [2.05, 4.69) is 4.72 Å². The van der Waals surface area contributed by atoms with Gasteiger partial charge < -0.3 is 4.90 Å². The second-order valence-corrected chi connectivity index (χ2v) is 8.66. The summed E-state index contributed by atoms with van der Waals surface area (Å²) in [7, 11) is -4.08. The first kappa shape index (κ1) is 18.7. The summed E-state index contributed by atoms with van der Waals surface area (Å²) >= 11 is 0.852. The zero-order valence-corrected chi connectivity index (χ0v) is 15.0. The first-order valence-electron chi connectivity index (χ1n) is 7.75. The van der Waals surface area contributed by atoms with E-state index in [0.29, 0.717) is 13.1 Å². The Morgan fingerprint density at radius 2 is 1.85 bits per heavy atom.